The lowest BCUT2D eigenvalue weighted by molar-refractivity contribution is -0.142. The number of nitrogens with one attached hydrogen (secondary N) is 1. The third-order valence-corrected chi connectivity index (χ3v) is 5.47. The summed E-state index contributed by atoms with van der Waals surface area (Å²) in [5.74, 6) is -0.648. The second kappa shape index (κ2) is 11.3. The largest absolute Gasteiger partial charge is 0.482 e. The first-order valence-electron chi connectivity index (χ1n) is 9.63. The van der Waals surface area contributed by atoms with Crippen LogP contribution in [0.1, 0.15) is 32.8 Å². The van der Waals surface area contributed by atoms with Crippen molar-refractivity contribution in [1.82, 2.24) is 10.2 Å². The van der Waals surface area contributed by atoms with Gasteiger partial charge in [0.2, 0.25) is 5.91 Å². The molecule has 162 valence electrons. The average Bonchev–Trinajstić information content (AvgIpc) is 2.71. The van der Waals surface area contributed by atoms with Gasteiger partial charge in [-0.1, -0.05) is 46.6 Å². The minimum absolute atomic E-state index is 0.0134. The Hall–Kier alpha value is -2.12. The third kappa shape index (κ3) is 6.99. The molecule has 2 amide bonds. The van der Waals surface area contributed by atoms with Gasteiger partial charge in [-0.3, -0.25) is 9.59 Å². The van der Waals surface area contributed by atoms with Crippen molar-refractivity contribution in [2.24, 2.45) is 0 Å². The number of halogens is 3. The Morgan fingerprint density at radius 1 is 1.20 bits per heavy atom. The molecule has 2 aromatic carbocycles. The molecule has 0 fully saturated rings. The SMILES string of the molecule is CC[C@@H](C)NC(=O)[C@@H](C)N(Cc1ccc(F)cc1)C(=O)COc1ccc(Br)cc1Cl. The minimum Gasteiger partial charge on any atom is -0.482 e. The Kier molecular flexibility index (Phi) is 9.11. The molecule has 0 heterocycles. The van der Waals surface area contributed by atoms with Crippen LogP contribution in [0, 0.1) is 5.82 Å². The maximum atomic E-state index is 13.2. The number of hydrogen-bond acceptors (Lipinski definition) is 3. The second-order valence-corrected chi connectivity index (χ2v) is 8.33. The van der Waals surface area contributed by atoms with Gasteiger partial charge < -0.3 is 15.0 Å². The van der Waals surface area contributed by atoms with E-state index >= 15 is 0 Å². The fraction of sp³-hybridized carbons (Fsp3) is 0.364. The molecule has 5 nitrogen and oxygen atoms in total. The van der Waals surface area contributed by atoms with Gasteiger partial charge in [0, 0.05) is 17.1 Å². The lowest BCUT2D eigenvalue weighted by atomic mass is 10.1. The molecule has 0 saturated carbocycles. The smallest absolute Gasteiger partial charge is 0.261 e. The van der Waals surface area contributed by atoms with Crippen LogP contribution in [0.4, 0.5) is 4.39 Å². The predicted molar refractivity (Wildman–Crippen MR) is 119 cm³/mol. The summed E-state index contributed by atoms with van der Waals surface area (Å²) in [6.45, 7) is 5.38. The minimum atomic E-state index is -0.736. The molecular weight excluding hydrogens is 475 g/mol. The first-order valence-corrected chi connectivity index (χ1v) is 10.8. The highest BCUT2D eigenvalue weighted by atomic mass is 79.9. The van der Waals surface area contributed by atoms with Crippen LogP contribution < -0.4 is 10.1 Å². The van der Waals surface area contributed by atoms with Crippen molar-refractivity contribution in [3.8, 4) is 5.75 Å². The average molecular weight is 500 g/mol. The Labute approximate surface area is 189 Å². The quantitative estimate of drug-likeness (QED) is 0.531. The number of nitrogens with zero attached hydrogens (tertiary/aromatic N) is 1. The second-order valence-electron chi connectivity index (χ2n) is 7.01. The highest BCUT2D eigenvalue weighted by molar-refractivity contribution is 9.10. The van der Waals surface area contributed by atoms with Crippen molar-refractivity contribution < 1.29 is 18.7 Å². The first kappa shape index (κ1) is 24.2. The van der Waals surface area contributed by atoms with E-state index in [9.17, 15) is 14.0 Å². The van der Waals surface area contributed by atoms with Crippen molar-refractivity contribution >= 4 is 39.3 Å². The van der Waals surface area contributed by atoms with Gasteiger partial charge in [-0.2, -0.15) is 0 Å². The number of benzene rings is 2. The van der Waals surface area contributed by atoms with E-state index in [-0.39, 0.29) is 36.8 Å². The standard InChI is InChI=1S/C22H25BrClFN2O3/c1-4-14(2)26-22(29)15(3)27(12-16-5-8-18(25)9-6-16)21(28)13-30-20-10-7-17(23)11-19(20)24/h5-11,14-15H,4,12-13H2,1-3H3,(H,26,29)/t14-,15-/m1/s1. The molecule has 0 aliphatic heterocycles. The molecule has 2 aromatic rings. The maximum Gasteiger partial charge on any atom is 0.261 e. The molecule has 0 radical (unpaired) electrons. The summed E-state index contributed by atoms with van der Waals surface area (Å²) in [7, 11) is 0. The van der Waals surface area contributed by atoms with E-state index in [4.69, 9.17) is 16.3 Å². The summed E-state index contributed by atoms with van der Waals surface area (Å²) in [6, 6.07) is 10.1. The van der Waals surface area contributed by atoms with E-state index in [0.29, 0.717) is 16.3 Å². The van der Waals surface area contributed by atoms with E-state index in [2.05, 4.69) is 21.2 Å². The lowest BCUT2D eigenvalue weighted by Crippen LogP contribution is -2.50. The van der Waals surface area contributed by atoms with Crippen LogP contribution in [0.5, 0.6) is 5.75 Å². The van der Waals surface area contributed by atoms with E-state index in [1.54, 1.807) is 37.3 Å². The van der Waals surface area contributed by atoms with Crippen LogP contribution in [0.3, 0.4) is 0 Å². The molecule has 2 rings (SSSR count). The normalized spacial score (nSPS) is 12.7. The number of amides is 2. The molecule has 0 aliphatic rings. The van der Waals surface area contributed by atoms with Crippen molar-refractivity contribution in [2.75, 3.05) is 6.61 Å². The van der Waals surface area contributed by atoms with Crippen molar-refractivity contribution in [3.63, 3.8) is 0 Å². The highest BCUT2D eigenvalue weighted by Gasteiger charge is 2.27. The van der Waals surface area contributed by atoms with Gasteiger partial charge in [0.1, 0.15) is 17.6 Å². The topological polar surface area (TPSA) is 58.6 Å². The Bertz CT molecular complexity index is 879. The Morgan fingerprint density at radius 3 is 2.47 bits per heavy atom. The Morgan fingerprint density at radius 2 is 1.87 bits per heavy atom. The monoisotopic (exact) mass is 498 g/mol. The van der Waals surface area contributed by atoms with Gasteiger partial charge in [-0.25, -0.2) is 4.39 Å². The van der Waals surface area contributed by atoms with Crippen LogP contribution in [0.15, 0.2) is 46.9 Å². The molecule has 2 atom stereocenters. The van der Waals surface area contributed by atoms with Crippen molar-refractivity contribution in [2.45, 2.75) is 45.8 Å². The summed E-state index contributed by atoms with van der Waals surface area (Å²) in [5.41, 5.74) is 0.703. The molecule has 0 spiro atoms. The molecule has 1 N–H and O–H groups in total. The van der Waals surface area contributed by atoms with Gasteiger partial charge >= 0.3 is 0 Å². The number of carbonyl (C=O) groups excluding carboxylic acids is 2. The lowest BCUT2D eigenvalue weighted by Gasteiger charge is -2.29. The van der Waals surface area contributed by atoms with Gasteiger partial charge in [-0.15, -0.1) is 0 Å². The van der Waals surface area contributed by atoms with E-state index in [1.165, 1.54) is 17.0 Å². The first-order chi connectivity index (χ1) is 14.2. The Balaban J connectivity index is 2.16. The molecule has 0 saturated heterocycles. The van der Waals surface area contributed by atoms with Crippen LogP contribution in [0.25, 0.3) is 0 Å². The fourth-order valence-electron chi connectivity index (χ4n) is 2.65. The summed E-state index contributed by atoms with van der Waals surface area (Å²) in [4.78, 5) is 27.0. The van der Waals surface area contributed by atoms with Gasteiger partial charge in [0.15, 0.2) is 6.61 Å². The summed E-state index contributed by atoms with van der Waals surface area (Å²) in [5, 5.41) is 3.25. The van der Waals surface area contributed by atoms with Crippen LogP contribution >= 0.6 is 27.5 Å². The van der Waals surface area contributed by atoms with Crippen LogP contribution in [-0.2, 0) is 16.1 Å². The summed E-state index contributed by atoms with van der Waals surface area (Å²) < 4.78 is 19.6. The number of rotatable bonds is 9. The van der Waals surface area contributed by atoms with E-state index < -0.39 is 6.04 Å². The van der Waals surface area contributed by atoms with Gasteiger partial charge in [0.25, 0.3) is 5.91 Å². The highest BCUT2D eigenvalue weighted by Crippen LogP contribution is 2.27. The fourth-order valence-corrected chi connectivity index (χ4v) is 3.38. The zero-order chi connectivity index (χ0) is 22.3. The van der Waals surface area contributed by atoms with E-state index in [0.717, 1.165) is 10.9 Å². The van der Waals surface area contributed by atoms with Gasteiger partial charge in [0.05, 0.1) is 5.02 Å². The summed E-state index contributed by atoms with van der Waals surface area (Å²) >= 11 is 9.46. The molecule has 8 heteroatoms. The predicted octanol–water partition coefficient (Wildman–Crippen LogP) is 4.95. The number of hydrogen-bond donors (Lipinski definition) is 1. The van der Waals surface area contributed by atoms with Crippen molar-refractivity contribution in [3.05, 3.63) is 63.3 Å². The van der Waals surface area contributed by atoms with Gasteiger partial charge in [-0.05, 0) is 56.2 Å². The summed E-state index contributed by atoms with van der Waals surface area (Å²) in [6.07, 6.45) is 0.773. The molecule has 30 heavy (non-hydrogen) atoms. The molecule has 0 unspecified atom stereocenters. The molecular formula is C22H25BrClFN2O3. The van der Waals surface area contributed by atoms with E-state index in [1.807, 2.05) is 13.8 Å². The van der Waals surface area contributed by atoms with Crippen LogP contribution in [0.2, 0.25) is 5.02 Å². The zero-order valence-corrected chi connectivity index (χ0v) is 19.5. The van der Waals surface area contributed by atoms with Crippen LogP contribution in [-0.4, -0.2) is 35.4 Å². The number of carbonyl (C=O) groups is 2. The number of ether oxygens (including phenoxy) is 1. The van der Waals surface area contributed by atoms with Crippen molar-refractivity contribution in [1.29, 1.82) is 0 Å². The zero-order valence-electron chi connectivity index (χ0n) is 17.1. The molecule has 0 aliphatic carbocycles. The molecule has 0 bridgehead atoms. The molecule has 0 aromatic heterocycles. The maximum absolute atomic E-state index is 13.2. The third-order valence-electron chi connectivity index (χ3n) is 4.68.